The van der Waals surface area contributed by atoms with E-state index in [0.29, 0.717) is 12.5 Å². The molecule has 2 aliphatic carbocycles. The SMILES string of the molecule is C=CC(CC1C=CC=CC1)NC(=O)OCC1=CC=CCC1. The number of hydrogen-bond donors (Lipinski definition) is 1. The zero-order valence-corrected chi connectivity index (χ0v) is 12.3. The highest BCUT2D eigenvalue weighted by Gasteiger charge is 2.15. The smallest absolute Gasteiger partial charge is 0.407 e. The molecule has 2 rings (SSSR count). The molecule has 0 bridgehead atoms. The number of carbonyl (C=O) groups excluding carboxylic acids is 1. The van der Waals surface area contributed by atoms with Crippen LogP contribution in [0.4, 0.5) is 4.79 Å². The van der Waals surface area contributed by atoms with Gasteiger partial charge in [-0.1, -0.05) is 48.6 Å². The third-order valence-corrected chi connectivity index (χ3v) is 3.70. The summed E-state index contributed by atoms with van der Waals surface area (Å²) in [6.45, 7) is 4.16. The summed E-state index contributed by atoms with van der Waals surface area (Å²) in [6, 6.07) is -0.0566. The first-order valence-electron chi connectivity index (χ1n) is 7.51. The minimum Gasteiger partial charge on any atom is -0.445 e. The second-order valence-electron chi connectivity index (χ2n) is 5.40. The monoisotopic (exact) mass is 285 g/mol. The van der Waals surface area contributed by atoms with E-state index >= 15 is 0 Å². The minimum absolute atomic E-state index is 0.0566. The summed E-state index contributed by atoms with van der Waals surface area (Å²) in [5, 5.41) is 2.87. The summed E-state index contributed by atoms with van der Waals surface area (Å²) in [4.78, 5) is 11.8. The van der Waals surface area contributed by atoms with Crippen molar-refractivity contribution in [2.45, 2.75) is 31.7 Å². The zero-order chi connectivity index (χ0) is 14.9. The maximum absolute atomic E-state index is 11.8. The Kier molecular flexibility index (Phi) is 6.07. The van der Waals surface area contributed by atoms with Crippen molar-refractivity contribution in [2.24, 2.45) is 5.92 Å². The van der Waals surface area contributed by atoms with Crippen LogP contribution in [-0.4, -0.2) is 18.7 Å². The molecule has 0 saturated carbocycles. The van der Waals surface area contributed by atoms with Crippen LogP contribution in [0, 0.1) is 5.92 Å². The number of amides is 1. The highest BCUT2D eigenvalue weighted by Crippen LogP contribution is 2.18. The van der Waals surface area contributed by atoms with Crippen LogP contribution in [-0.2, 0) is 4.74 Å². The molecule has 0 aliphatic heterocycles. The van der Waals surface area contributed by atoms with E-state index in [9.17, 15) is 4.79 Å². The lowest BCUT2D eigenvalue weighted by molar-refractivity contribution is 0.151. The summed E-state index contributed by atoms with van der Waals surface area (Å²) in [5.41, 5.74) is 1.16. The molecule has 3 heteroatoms. The van der Waals surface area contributed by atoms with Gasteiger partial charge in [0.25, 0.3) is 0 Å². The van der Waals surface area contributed by atoms with E-state index in [4.69, 9.17) is 4.74 Å². The first-order chi connectivity index (χ1) is 10.3. The molecule has 0 aromatic carbocycles. The Morgan fingerprint density at radius 2 is 2.33 bits per heavy atom. The minimum atomic E-state index is -0.370. The van der Waals surface area contributed by atoms with E-state index in [1.807, 2.05) is 18.2 Å². The number of ether oxygens (including phenoxy) is 1. The van der Waals surface area contributed by atoms with Gasteiger partial charge in [-0.3, -0.25) is 0 Å². The van der Waals surface area contributed by atoms with Crippen molar-refractivity contribution in [1.82, 2.24) is 5.32 Å². The van der Waals surface area contributed by atoms with E-state index < -0.39 is 0 Å². The van der Waals surface area contributed by atoms with E-state index in [-0.39, 0.29) is 12.1 Å². The summed E-state index contributed by atoms with van der Waals surface area (Å²) < 4.78 is 5.27. The average molecular weight is 285 g/mol. The van der Waals surface area contributed by atoms with Crippen molar-refractivity contribution in [3.63, 3.8) is 0 Å². The van der Waals surface area contributed by atoms with Gasteiger partial charge in [-0.25, -0.2) is 4.79 Å². The fourth-order valence-electron chi connectivity index (χ4n) is 2.47. The average Bonchev–Trinajstić information content (AvgIpc) is 2.54. The van der Waals surface area contributed by atoms with Gasteiger partial charge < -0.3 is 10.1 Å². The van der Waals surface area contributed by atoms with Gasteiger partial charge in [0, 0.05) is 0 Å². The molecule has 2 aliphatic rings. The Bertz CT molecular complexity index is 485. The van der Waals surface area contributed by atoms with Gasteiger partial charge in [-0.05, 0) is 37.2 Å². The van der Waals surface area contributed by atoms with E-state index in [0.717, 1.165) is 31.3 Å². The molecule has 21 heavy (non-hydrogen) atoms. The summed E-state index contributed by atoms with van der Waals surface area (Å²) in [6.07, 6.45) is 19.8. The zero-order valence-electron chi connectivity index (χ0n) is 12.3. The van der Waals surface area contributed by atoms with Gasteiger partial charge in [-0.2, -0.15) is 0 Å². The van der Waals surface area contributed by atoms with Gasteiger partial charge in [0.2, 0.25) is 0 Å². The predicted molar refractivity (Wildman–Crippen MR) is 85.9 cm³/mol. The molecule has 0 aromatic heterocycles. The molecule has 0 heterocycles. The molecule has 0 fully saturated rings. The lowest BCUT2D eigenvalue weighted by Gasteiger charge is -2.20. The topological polar surface area (TPSA) is 38.3 Å². The molecule has 1 amide bonds. The van der Waals surface area contributed by atoms with E-state index in [1.54, 1.807) is 6.08 Å². The molecule has 0 spiro atoms. The van der Waals surface area contributed by atoms with Crippen molar-refractivity contribution in [1.29, 1.82) is 0 Å². The van der Waals surface area contributed by atoms with Gasteiger partial charge in [0.05, 0.1) is 6.04 Å². The van der Waals surface area contributed by atoms with Crippen LogP contribution >= 0.6 is 0 Å². The van der Waals surface area contributed by atoms with Crippen LogP contribution < -0.4 is 5.32 Å². The summed E-state index contributed by atoms with van der Waals surface area (Å²) >= 11 is 0. The summed E-state index contributed by atoms with van der Waals surface area (Å²) in [5.74, 6) is 0.449. The highest BCUT2D eigenvalue weighted by molar-refractivity contribution is 5.68. The molecule has 0 saturated heterocycles. The maximum atomic E-state index is 11.8. The number of allylic oxidation sites excluding steroid dienone is 7. The van der Waals surface area contributed by atoms with Crippen LogP contribution in [0.25, 0.3) is 0 Å². The van der Waals surface area contributed by atoms with Gasteiger partial charge in [-0.15, -0.1) is 6.58 Å². The molecule has 3 nitrogen and oxygen atoms in total. The summed E-state index contributed by atoms with van der Waals surface area (Å²) in [7, 11) is 0. The lowest BCUT2D eigenvalue weighted by atomic mass is 9.93. The third kappa shape index (κ3) is 5.46. The highest BCUT2D eigenvalue weighted by atomic mass is 16.5. The second kappa shape index (κ2) is 8.30. The number of hydrogen-bond acceptors (Lipinski definition) is 2. The largest absolute Gasteiger partial charge is 0.445 e. The standard InChI is InChI=1S/C18H23NO2/c1-2-17(13-15-9-5-3-6-10-15)19-18(20)21-14-16-11-7-4-8-12-16/h2-7,9,11,15,17H,1,8,10,12-14H2,(H,19,20). The van der Waals surface area contributed by atoms with Crippen LogP contribution in [0.5, 0.6) is 0 Å². The van der Waals surface area contributed by atoms with Crippen molar-refractivity contribution in [2.75, 3.05) is 6.61 Å². The molecular formula is C18H23NO2. The molecular weight excluding hydrogens is 262 g/mol. The number of nitrogens with one attached hydrogen (secondary N) is 1. The molecule has 112 valence electrons. The number of carbonyl (C=O) groups is 1. The van der Waals surface area contributed by atoms with Crippen LogP contribution in [0.15, 0.2) is 60.8 Å². The number of alkyl carbamates (subject to hydrolysis) is 1. The maximum Gasteiger partial charge on any atom is 0.407 e. The Morgan fingerprint density at radius 1 is 1.43 bits per heavy atom. The Hall–Kier alpha value is -2.03. The fraction of sp³-hybridized carbons (Fsp3) is 0.389. The predicted octanol–water partition coefficient (Wildman–Crippen LogP) is 4.07. The van der Waals surface area contributed by atoms with E-state index in [2.05, 4.69) is 36.2 Å². The Morgan fingerprint density at radius 3 is 3.00 bits per heavy atom. The fourth-order valence-corrected chi connectivity index (χ4v) is 2.47. The normalized spacial score (nSPS) is 21.5. The molecule has 2 atom stereocenters. The first kappa shape index (κ1) is 15.4. The molecule has 0 aromatic rings. The number of rotatable bonds is 6. The van der Waals surface area contributed by atoms with Crippen LogP contribution in [0.1, 0.15) is 25.7 Å². The third-order valence-electron chi connectivity index (χ3n) is 3.70. The molecule has 2 unspecified atom stereocenters. The van der Waals surface area contributed by atoms with E-state index in [1.165, 1.54) is 0 Å². The van der Waals surface area contributed by atoms with Crippen molar-refractivity contribution in [3.8, 4) is 0 Å². The van der Waals surface area contributed by atoms with Crippen molar-refractivity contribution < 1.29 is 9.53 Å². The molecule has 0 radical (unpaired) electrons. The van der Waals surface area contributed by atoms with Crippen molar-refractivity contribution in [3.05, 3.63) is 60.8 Å². The molecule has 1 N–H and O–H groups in total. The Labute approximate surface area is 126 Å². The van der Waals surface area contributed by atoms with Gasteiger partial charge >= 0.3 is 6.09 Å². The van der Waals surface area contributed by atoms with Crippen LogP contribution in [0.2, 0.25) is 0 Å². The van der Waals surface area contributed by atoms with Gasteiger partial charge in [0.15, 0.2) is 0 Å². The van der Waals surface area contributed by atoms with Crippen LogP contribution in [0.3, 0.4) is 0 Å². The first-order valence-corrected chi connectivity index (χ1v) is 7.51. The van der Waals surface area contributed by atoms with Gasteiger partial charge in [0.1, 0.15) is 6.61 Å². The van der Waals surface area contributed by atoms with Crippen molar-refractivity contribution >= 4 is 6.09 Å². The quantitative estimate of drug-likeness (QED) is 0.747. The Balaban J connectivity index is 1.72. The second-order valence-corrected chi connectivity index (χ2v) is 5.40. The lowest BCUT2D eigenvalue weighted by Crippen LogP contribution is -2.35.